The van der Waals surface area contributed by atoms with Gasteiger partial charge in [0.05, 0.1) is 18.6 Å². The zero-order valence-electron chi connectivity index (χ0n) is 8.56. The summed E-state index contributed by atoms with van der Waals surface area (Å²) in [6.07, 6.45) is -4.79. The third-order valence-corrected chi connectivity index (χ3v) is 3.01. The summed E-state index contributed by atoms with van der Waals surface area (Å²) in [6.45, 7) is 3.11. The zero-order valence-corrected chi connectivity index (χ0v) is 10.1. The van der Waals surface area contributed by atoms with E-state index < -0.39 is 12.6 Å². The van der Waals surface area contributed by atoms with Crippen molar-refractivity contribution in [2.24, 2.45) is 0 Å². The van der Waals surface area contributed by atoms with Gasteiger partial charge in [-0.2, -0.15) is 13.2 Å². The van der Waals surface area contributed by atoms with Crippen LogP contribution in [-0.2, 0) is 4.74 Å². The Balaban J connectivity index is 2.35. The topological polar surface area (TPSA) is 12.5 Å². The summed E-state index contributed by atoms with van der Waals surface area (Å²) >= 11 is 3.28. The summed E-state index contributed by atoms with van der Waals surface area (Å²) < 4.78 is 41.6. The Morgan fingerprint density at radius 2 is 2.07 bits per heavy atom. The quantitative estimate of drug-likeness (QED) is 0.740. The van der Waals surface area contributed by atoms with Crippen molar-refractivity contribution in [2.45, 2.75) is 31.7 Å². The predicted octanol–water partition coefficient (Wildman–Crippen LogP) is 2.42. The maximum atomic E-state index is 12.0. The molecule has 2 atom stereocenters. The van der Waals surface area contributed by atoms with Gasteiger partial charge < -0.3 is 4.74 Å². The normalized spacial score (nSPS) is 29.4. The molecule has 2 nitrogen and oxygen atoms in total. The van der Waals surface area contributed by atoms with Crippen molar-refractivity contribution < 1.29 is 17.9 Å². The van der Waals surface area contributed by atoms with Crippen molar-refractivity contribution in [3.8, 4) is 0 Å². The number of rotatable bonds is 3. The summed E-state index contributed by atoms with van der Waals surface area (Å²) in [5.74, 6) is 0. The summed E-state index contributed by atoms with van der Waals surface area (Å²) in [5, 5.41) is 0.667. The van der Waals surface area contributed by atoms with Crippen molar-refractivity contribution in [2.75, 3.05) is 25.0 Å². The van der Waals surface area contributed by atoms with Crippen LogP contribution in [-0.4, -0.2) is 48.2 Å². The van der Waals surface area contributed by atoms with Gasteiger partial charge in [-0.25, -0.2) is 0 Å². The minimum absolute atomic E-state index is 0.00184. The maximum Gasteiger partial charge on any atom is 0.390 e. The molecule has 1 saturated heterocycles. The van der Waals surface area contributed by atoms with E-state index in [1.165, 1.54) is 0 Å². The van der Waals surface area contributed by atoms with E-state index in [2.05, 4.69) is 15.9 Å². The van der Waals surface area contributed by atoms with Crippen LogP contribution in [0.4, 0.5) is 13.2 Å². The predicted molar refractivity (Wildman–Crippen MR) is 55.2 cm³/mol. The number of ether oxygens (including phenoxy) is 1. The van der Waals surface area contributed by atoms with Gasteiger partial charge in [0.2, 0.25) is 0 Å². The standard InChI is InChI=1S/C9H15BrF3NO/c1-7-5-14(3-2-9(11,12)13)6-8(4-10)15-7/h7-8H,2-6H2,1H3. The van der Waals surface area contributed by atoms with E-state index >= 15 is 0 Å². The Morgan fingerprint density at radius 1 is 1.40 bits per heavy atom. The zero-order chi connectivity index (χ0) is 11.5. The highest BCUT2D eigenvalue weighted by atomic mass is 79.9. The van der Waals surface area contributed by atoms with Crippen LogP contribution in [0.3, 0.4) is 0 Å². The molecule has 0 radical (unpaired) electrons. The Hall–Kier alpha value is 0.190. The molecule has 1 rings (SSSR count). The summed E-state index contributed by atoms with van der Waals surface area (Å²) in [4.78, 5) is 1.81. The smallest absolute Gasteiger partial charge is 0.372 e. The number of nitrogens with zero attached hydrogens (tertiary/aromatic N) is 1. The number of hydrogen-bond donors (Lipinski definition) is 0. The van der Waals surface area contributed by atoms with Crippen LogP contribution >= 0.6 is 15.9 Å². The number of alkyl halides is 4. The molecule has 1 heterocycles. The Labute approximate surface area is 95.9 Å². The molecule has 15 heavy (non-hydrogen) atoms. The lowest BCUT2D eigenvalue weighted by Crippen LogP contribution is -2.48. The average Bonchev–Trinajstić information content (AvgIpc) is 2.13. The highest BCUT2D eigenvalue weighted by molar-refractivity contribution is 9.09. The minimum Gasteiger partial charge on any atom is -0.372 e. The van der Waals surface area contributed by atoms with Crippen LogP contribution in [0.1, 0.15) is 13.3 Å². The molecule has 0 aromatic heterocycles. The Kier molecular flexibility index (Phi) is 4.86. The van der Waals surface area contributed by atoms with Crippen molar-refractivity contribution in [1.29, 1.82) is 0 Å². The Morgan fingerprint density at radius 3 is 2.60 bits per heavy atom. The highest BCUT2D eigenvalue weighted by Crippen LogP contribution is 2.21. The molecule has 0 aromatic carbocycles. The van der Waals surface area contributed by atoms with Crippen LogP contribution in [0.25, 0.3) is 0 Å². The largest absolute Gasteiger partial charge is 0.390 e. The van der Waals surface area contributed by atoms with E-state index in [4.69, 9.17) is 4.74 Å². The molecule has 0 saturated carbocycles. The third kappa shape index (κ3) is 5.17. The molecule has 0 spiro atoms. The molecular formula is C9H15BrF3NO. The first kappa shape index (κ1) is 13.3. The fourth-order valence-electron chi connectivity index (χ4n) is 1.69. The SMILES string of the molecule is CC1CN(CCC(F)(F)F)CC(CBr)O1. The molecule has 6 heteroatoms. The second-order valence-electron chi connectivity index (χ2n) is 3.85. The molecule has 0 amide bonds. The van der Waals surface area contributed by atoms with Crippen molar-refractivity contribution >= 4 is 15.9 Å². The van der Waals surface area contributed by atoms with Crippen molar-refractivity contribution in [3.05, 3.63) is 0 Å². The molecule has 0 aromatic rings. The van der Waals surface area contributed by atoms with E-state index in [0.29, 0.717) is 18.4 Å². The van der Waals surface area contributed by atoms with E-state index in [0.717, 1.165) is 0 Å². The van der Waals surface area contributed by atoms with Gasteiger partial charge >= 0.3 is 6.18 Å². The van der Waals surface area contributed by atoms with E-state index in [-0.39, 0.29) is 18.8 Å². The summed E-state index contributed by atoms with van der Waals surface area (Å²) in [6, 6.07) is 0. The average molecular weight is 290 g/mol. The second kappa shape index (κ2) is 5.50. The first-order valence-corrected chi connectivity index (χ1v) is 6.03. The van der Waals surface area contributed by atoms with E-state index in [1.807, 2.05) is 11.8 Å². The molecule has 1 aliphatic rings. The first-order chi connectivity index (χ1) is 6.90. The van der Waals surface area contributed by atoms with Crippen LogP contribution < -0.4 is 0 Å². The van der Waals surface area contributed by atoms with Gasteiger partial charge in [-0.05, 0) is 6.92 Å². The van der Waals surface area contributed by atoms with Crippen LogP contribution in [0.2, 0.25) is 0 Å². The Bertz CT molecular complexity index is 200. The number of hydrogen-bond acceptors (Lipinski definition) is 2. The molecule has 0 N–H and O–H groups in total. The number of morpholine rings is 1. The lowest BCUT2D eigenvalue weighted by molar-refractivity contribution is -0.144. The lowest BCUT2D eigenvalue weighted by Gasteiger charge is -2.36. The van der Waals surface area contributed by atoms with Gasteiger partial charge in [0.1, 0.15) is 0 Å². The monoisotopic (exact) mass is 289 g/mol. The van der Waals surface area contributed by atoms with Crippen molar-refractivity contribution in [3.63, 3.8) is 0 Å². The van der Waals surface area contributed by atoms with E-state index in [1.54, 1.807) is 0 Å². The maximum absolute atomic E-state index is 12.0. The van der Waals surface area contributed by atoms with Crippen LogP contribution in [0, 0.1) is 0 Å². The van der Waals surface area contributed by atoms with Gasteiger partial charge in [0.25, 0.3) is 0 Å². The van der Waals surface area contributed by atoms with Crippen LogP contribution in [0.15, 0.2) is 0 Å². The van der Waals surface area contributed by atoms with E-state index in [9.17, 15) is 13.2 Å². The fraction of sp³-hybridized carbons (Fsp3) is 1.00. The van der Waals surface area contributed by atoms with Gasteiger partial charge in [-0.1, -0.05) is 15.9 Å². The molecule has 90 valence electrons. The molecule has 0 bridgehead atoms. The molecule has 1 fully saturated rings. The molecule has 0 aliphatic carbocycles. The summed E-state index contributed by atoms with van der Waals surface area (Å²) in [7, 11) is 0. The highest BCUT2D eigenvalue weighted by Gasteiger charge is 2.30. The van der Waals surface area contributed by atoms with Gasteiger partial charge in [0.15, 0.2) is 0 Å². The lowest BCUT2D eigenvalue weighted by atomic mass is 10.2. The first-order valence-electron chi connectivity index (χ1n) is 4.91. The molecule has 1 aliphatic heterocycles. The third-order valence-electron chi connectivity index (χ3n) is 2.29. The van der Waals surface area contributed by atoms with Gasteiger partial charge in [-0.3, -0.25) is 4.90 Å². The van der Waals surface area contributed by atoms with Gasteiger partial charge in [-0.15, -0.1) is 0 Å². The van der Waals surface area contributed by atoms with Crippen LogP contribution in [0.5, 0.6) is 0 Å². The molecule has 2 unspecified atom stereocenters. The number of halogens is 4. The minimum atomic E-state index is -4.06. The summed E-state index contributed by atoms with van der Waals surface area (Å²) in [5.41, 5.74) is 0. The van der Waals surface area contributed by atoms with Gasteiger partial charge in [0, 0.05) is 25.0 Å². The van der Waals surface area contributed by atoms with Crippen molar-refractivity contribution in [1.82, 2.24) is 4.90 Å². The fourth-order valence-corrected chi connectivity index (χ4v) is 2.05. The molecular weight excluding hydrogens is 275 g/mol. The second-order valence-corrected chi connectivity index (χ2v) is 4.50.